The first-order valence-corrected chi connectivity index (χ1v) is 7.93. The highest BCUT2D eigenvalue weighted by Gasteiger charge is 2.18. The van der Waals surface area contributed by atoms with Gasteiger partial charge in [0.2, 0.25) is 0 Å². The smallest absolute Gasteiger partial charge is 0.173 e. The zero-order valence-electron chi connectivity index (χ0n) is 14.1. The number of ether oxygens (including phenoxy) is 1. The molecule has 0 aliphatic rings. The van der Waals surface area contributed by atoms with Gasteiger partial charge in [-0.2, -0.15) is 20.7 Å². The third kappa shape index (κ3) is 2.91. The van der Waals surface area contributed by atoms with Crippen LogP contribution in [0.1, 0.15) is 24.3 Å². The molecule has 3 N–H and O–H groups in total. The Hall–Kier alpha value is -4.00. The summed E-state index contributed by atoms with van der Waals surface area (Å²) in [6.45, 7) is 1.77. The zero-order chi connectivity index (χ0) is 19.0. The summed E-state index contributed by atoms with van der Waals surface area (Å²) in [6.07, 6.45) is 3.74. The minimum atomic E-state index is -0.499. The Bertz CT molecular complexity index is 1160. The number of H-pyrrole nitrogens is 1. The lowest BCUT2D eigenvalue weighted by Crippen LogP contribution is -2.07. The van der Waals surface area contributed by atoms with Crippen molar-refractivity contribution in [2.24, 2.45) is 0 Å². The first kappa shape index (κ1) is 16.5. The zero-order valence-corrected chi connectivity index (χ0v) is 14.1. The minimum absolute atomic E-state index is 0.223. The summed E-state index contributed by atoms with van der Waals surface area (Å²) >= 11 is 0. The van der Waals surface area contributed by atoms with Crippen molar-refractivity contribution in [3.8, 4) is 23.1 Å². The van der Waals surface area contributed by atoms with Crippen molar-refractivity contribution in [3.63, 3.8) is 0 Å². The van der Waals surface area contributed by atoms with E-state index >= 15 is 0 Å². The summed E-state index contributed by atoms with van der Waals surface area (Å²) in [5.74, 6) is 0.184. The number of halogens is 1. The lowest BCUT2D eigenvalue weighted by atomic mass is 10.1. The molecule has 0 aromatic carbocycles. The van der Waals surface area contributed by atoms with E-state index in [9.17, 15) is 9.65 Å². The van der Waals surface area contributed by atoms with Gasteiger partial charge in [0.25, 0.3) is 0 Å². The average molecular weight is 364 g/mol. The van der Waals surface area contributed by atoms with Crippen LogP contribution in [-0.2, 0) is 0 Å². The second kappa shape index (κ2) is 6.38. The van der Waals surface area contributed by atoms with Crippen LogP contribution in [0.25, 0.3) is 16.8 Å². The maximum atomic E-state index is 13.1. The Kier molecular flexibility index (Phi) is 3.89. The number of pyridine rings is 2. The second-order valence-corrected chi connectivity index (χ2v) is 5.78. The first-order valence-electron chi connectivity index (χ1n) is 7.93. The van der Waals surface area contributed by atoms with Crippen LogP contribution in [0.4, 0.5) is 10.2 Å². The topological polar surface area (TPSA) is 131 Å². The van der Waals surface area contributed by atoms with Crippen molar-refractivity contribution in [1.29, 1.82) is 5.26 Å². The Morgan fingerprint density at radius 1 is 1.33 bits per heavy atom. The van der Waals surface area contributed by atoms with Gasteiger partial charge in [0.05, 0.1) is 18.1 Å². The number of hydrogen-bond acceptors (Lipinski definition) is 7. The molecule has 0 aliphatic carbocycles. The molecule has 4 rings (SSSR count). The van der Waals surface area contributed by atoms with Crippen molar-refractivity contribution < 1.29 is 9.13 Å². The summed E-state index contributed by atoms with van der Waals surface area (Å²) in [5.41, 5.74) is 8.26. The maximum absolute atomic E-state index is 13.1. The molecule has 9 nitrogen and oxygen atoms in total. The van der Waals surface area contributed by atoms with Gasteiger partial charge < -0.3 is 10.5 Å². The standard InChI is InChI=1S/C17H13FN8O/c1-9(13-3-2-12(18)7-21-13)27-14-4-10(15-17(20)24-25-23-15)8-26-16(14)11(5-19)6-22-26/h2-4,6-9H,1H3,(H3,20,23,24,25)/t9-/m1/s1. The van der Waals surface area contributed by atoms with Crippen molar-refractivity contribution in [2.45, 2.75) is 13.0 Å². The lowest BCUT2D eigenvalue weighted by Gasteiger charge is -2.16. The molecule has 0 saturated carbocycles. The summed E-state index contributed by atoms with van der Waals surface area (Å²) in [5, 5.41) is 23.9. The SMILES string of the molecule is C[C@@H](Oc1cc(-c2n[nH]nc2N)cn2ncc(C#N)c12)c1ccc(F)cn1. The summed E-state index contributed by atoms with van der Waals surface area (Å²) in [6, 6.07) is 6.64. The molecule has 1 atom stereocenters. The predicted octanol–water partition coefficient (Wildman–Crippen LogP) is 2.25. The van der Waals surface area contributed by atoms with E-state index in [2.05, 4.69) is 31.6 Å². The van der Waals surface area contributed by atoms with Gasteiger partial charge in [-0.05, 0) is 25.1 Å². The van der Waals surface area contributed by atoms with E-state index in [1.165, 1.54) is 22.8 Å². The van der Waals surface area contributed by atoms with Crippen LogP contribution in [0.15, 0.2) is 36.8 Å². The quantitative estimate of drug-likeness (QED) is 0.568. The number of nitrogens with zero attached hydrogens (tertiary/aromatic N) is 6. The number of aromatic amines is 1. The monoisotopic (exact) mass is 364 g/mol. The van der Waals surface area contributed by atoms with Gasteiger partial charge in [0.1, 0.15) is 40.5 Å². The van der Waals surface area contributed by atoms with Crippen molar-refractivity contribution in [3.05, 3.63) is 53.9 Å². The number of nitrogen functional groups attached to an aromatic ring is 1. The van der Waals surface area contributed by atoms with Crippen molar-refractivity contribution in [1.82, 2.24) is 30.0 Å². The van der Waals surface area contributed by atoms with Crippen LogP contribution in [0.5, 0.6) is 5.75 Å². The lowest BCUT2D eigenvalue weighted by molar-refractivity contribution is 0.223. The number of nitriles is 1. The number of nitrogens with one attached hydrogen (secondary N) is 1. The molecule has 0 fully saturated rings. The molecule has 134 valence electrons. The highest BCUT2D eigenvalue weighted by molar-refractivity contribution is 5.77. The molecule has 0 radical (unpaired) electrons. The third-order valence-corrected chi connectivity index (χ3v) is 4.02. The fraction of sp³-hybridized carbons (Fsp3) is 0.118. The molecule has 10 heteroatoms. The highest BCUT2D eigenvalue weighted by atomic mass is 19.1. The Morgan fingerprint density at radius 2 is 2.19 bits per heavy atom. The Labute approximate surface area is 152 Å². The van der Waals surface area contributed by atoms with Gasteiger partial charge in [0.15, 0.2) is 5.82 Å². The summed E-state index contributed by atoms with van der Waals surface area (Å²) < 4.78 is 20.7. The van der Waals surface area contributed by atoms with Gasteiger partial charge in [0, 0.05) is 11.8 Å². The molecule has 0 saturated heterocycles. The Balaban J connectivity index is 1.82. The van der Waals surface area contributed by atoms with Crippen molar-refractivity contribution in [2.75, 3.05) is 5.73 Å². The van der Waals surface area contributed by atoms with Gasteiger partial charge in [-0.1, -0.05) is 0 Å². The van der Waals surface area contributed by atoms with Crippen molar-refractivity contribution >= 4 is 11.3 Å². The van der Waals surface area contributed by atoms with Gasteiger partial charge in [-0.3, -0.25) is 4.98 Å². The van der Waals surface area contributed by atoms with E-state index in [1.807, 2.05) is 0 Å². The number of hydrogen-bond donors (Lipinski definition) is 2. The largest absolute Gasteiger partial charge is 0.482 e. The van der Waals surface area contributed by atoms with E-state index < -0.39 is 11.9 Å². The summed E-state index contributed by atoms with van der Waals surface area (Å²) in [7, 11) is 0. The van der Waals surface area contributed by atoms with Crippen LogP contribution in [0.3, 0.4) is 0 Å². The van der Waals surface area contributed by atoms with E-state index in [4.69, 9.17) is 10.5 Å². The molecule has 27 heavy (non-hydrogen) atoms. The van der Waals surface area contributed by atoms with Crippen LogP contribution in [0, 0.1) is 17.1 Å². The minimum Gasteiger partial charge on any atom is -0.482 e. The Morgan fingerprint density at radius 3 is 2.85 bits per heavy atom. The normalized spacial score (nSPS) is 12.0. The fourth-order valence-electron chi connectivity index (χ4n) is 2.72. The molecule has 0 bridgehead atoms. The predicted molar refractivity (Wildman–Crippen MR) is 92.9 cm³/mol. The average Bonchev–Trinajstić information content (AvgIpc) is 3.28. The van der Waals surface area contributed by atoms with Crippen LogP contribution < -0.4 is 10.5 Å². The molecule has 0 aliphatic heterocycles. The third-order valence-electron chi connectivity index (χ3n) is 4.02. The molecular weight excluding hydrogens is 351 g/mol. The van der Waals surface area contributed by atoms with E-state index in [0.717, 1.165) is 6.20 Å². The molecule has 4 heterocycles. The number of fused-ring (bicyclic) bond motifs is 1. The molecule has 4 aromatic rings. The van der Waals surface area contributed by atoms with E-state index in [0.29, 0.717) is 33.8 Å². The molecule has 4 aromatic heterocycles. The number of nitrogens with two attached hydrogens (primary N) is 1. The fourth-order valence-corrected chi connectivity index (χ4v) is 2.72. The molecule has 0 amide bonds. The second-order valence-electron chi connectivity index (χ2n) is 5.78. The van der Waals surface area contributed by atoms with E-state index in [-0.39, 0.29) is 5.82 Å². The maximum Gasteiger partial charge on any atom is 0.173 e. The van der Waals surface area contributed by atoms with Crippen LogP contribution >= 0.6 is 0 Å². The van der Waals surface area contributed by atoms with E-state index in [1.54, 1.807) is 19.2 Å². The van der Waals surface area contributed by atoms with Crippen LogP contribution in [0.2, 0.25) is 0 Å². The highest BCUT2D eigenvalue weighted by Crippen LogP contribution is 2.33. The number of anilines is 1. The molecule has 0 unspecified atom stereocenters. The van der Waals surface area contributed by atoms with Gasteiger partial charge >= 0.3 is 0 Å². The molecule has 0 spiro atoms. The summed E-state index contributed by atoms with van der Waals surface area (Å²) in [4.78, 5) is 4.04. The molecular formula is C17H13FN8O. The van der Waals surface area contributed by atoms with Gasteiger partial charge in [-0.15, -0.1) is 5.10 Å². The van der Waals surface area contributed by atoms with Gasteiger partial charge in [-0.25, -0.2) is 8.91 Å². The number of rotatable bonds is 4. The number of aromatic nitrogens is 6. The first-order chi connectivity index (χ1) is 13.1. The van der Waals surface area contributed by atoms with Crippen LogP contribution in [-0.4, -0.2) is 30.0 Å².